The Bertz CT molecular complexity index is 796. The Balaban J connectivity index is 1.97. The third-order valence-corrected chi connectivity index (χ3v) is 12.2. The van der Waals surface area contributed by atoms with Gasteiger partial charge in [-0.25, -0.2) is 4.98 Å². The Kier molecular flexibility index (Phi) is 6.19. The van der Waals surface area contributed by atoms with Crippen LogP contribution in [0.5, 0.6) is 5.75 Å². The molecular weight excluding hydrogens is 384 g/mol. The molecule has 1 saturated heterocycles. The standard InChI is InChI=1S/C22H32N2O4Si/c1-14(2)29(15(3)4,16(5)6)28-20-19(21-23-12-13-27-21)24(22(20)25)17-8-10-18(26-7)11-9-17/h8-16,19-20H,1-7H3/t19-,20-/m0/s1. The number of hydrogen-bond donors (Lipinski definition) is 0. The summed E-state index contributed by atoms with van der Waals surface area (Å²) in [6.45, 7) is 13.3. The van der Waals surface area contributed by atoms with Crippen molar-refractivity contribution in [2.45, 2.75) is 70.3 Å². The molecule has 3 rings (SSSR count). The minimum absolute atomic E-state index is 0.0443. The summed E-state index contributed by atoms with van der Waals surface area (Å²) >= 11 is 0. The van der Waals surface area contributed by atoms with E-state index in [1.807, 2.05) is 24.3 Å². The zero-order valence-electron chi connectivity index (χ0n) is 18.4. The van der Waals surface area contributed by atoms with E-state index >= 15 is 0 Å². The van der Waals surface area contributed by atoms with Crippen LogP contribution in [0.1, 0.15) is 53.5 Å². The number of hydrogen-bond acceptors (Lipinski definition) is 5. The van der Waals surface area contributed by atoms with E-state index in [0.29, 0.717) is 22.5 Å². The smallest absolute Gasteiger partial charge is 0.258 e. The molecule has 1 aromatic carbocycles. The number of benzene rings is 1. The van der Waals surface area contributed by atoms with Crippen LogP contribution in [0.4, 0.5) is 5.69 Å². The normalized spacial score (nSPS) is 19.9. The summed E-state index contributed by atoms with van der Waals surface area (Å²) in [4.78, 5) is 19.4. The minimum Gasteiger partial charge on any atom is -0.497 e. The topological polar surface area (TPSA) is 64.8 Å². The second-order valence-corrected chi connectivity index (χ2v) is 14.0. The highest BCUT2D eigenvalue weighted by Gasteiger charge is 2.57. The van der Waals surface area contributed by atoms with Crippen molar-refractivity contribution in [2.24, 2.45) is 0 Å². The molecule has 7 heteroatoms. The summed E-state index contributed by atoms with van der Waals surface area (Å²) in [6, 6.07) is 7.08. The number of rotatable bonds is 8. The lowest BCUT2D eigenvalue weighted by Gasteiger charge is -2.51. The zero-order chi connectivity index (χ0) is 21.3. The van der Waals surface area contributed by atoms with Gasteiger partial charge in [0, 0.05) is 5.69 Å². The van der Waals surface area contributed by atoms with Crippen molar-refractivity contribution in [3.8, 4) is 5.75 Å². The average molecular weight is 417 g/mol. The van der Waals surface area contributed by atoms with E-state index in [2.05, 4.69) is 46.5 Å². The van der Waals surface area contributed by atoms with E-state index in [-0.39, 0.29) is 11.9 Å². The molecule has 2 atom stereocenters. The highest BCUT2D eigenvalue weighted by Crippen LogP contribution is 2.48. The van der Waals surface area contributed by atoms with E-state index in [4.69, 9.17) is 13.6 Å². The van der Waals surface area contributed by atoms with Crippen molar-refractivity contribution in [3.63, 3.8) is 0 Å². The van der Waals surface area contributed by atoms with Crippen molar-refractivity contribution in [3.05, 3.63) is 42.6 Å². The van der Waals surface area contributed by atoms with Crippen molar-refractivity contribution in [1.82, 2.24) is 4.98 Å². The Morgan fingerprint density at radius 3 is 2.07 bits per heavy atom. The molecule has 0 unspecified atom stereocenters. The van der Waals surface area contributed by atoms with Gasteiger partial charge in [0.05, 0.1) is 13.3 Å². The van der Waals surface area contributed by atoms with Crippen LogP contribution in [0.15, 0.2) is 41.1 Å². The van der Waals surface area contributed by atoms with Crippen LogP contribution in [-0.2, 0) is 9.22 Å². The van der Waals surface area contributed by atoms with Crippen LogP contribution >= 0.6 is 0 Å². The molecule has 1 aliphatic heterocycles. The monoisotopic (exact) mass is 416 g/mol. The molecule has 0 aliphatic carbocycles. The molecule has 0 N–H and O–H groups in total. The summed E-state index contributed by atoms with van der Waals surface area (Å²) in [7, 11) is -0.616. The number of nitrogens with zero attached hydrogens (tertiary/aromatic N) is 2. The molecule has 1 aromatic heterocycles. The van der Waals surface area contributed by atoms with Gasteiger partial charge in [0.25, 0.3) is 5.91 Å². The van der Waals surface area contributed by atoms with Gasteiger partial charge in [-0.2, -0.15) is 0 Å². The predicted octanol–water partition coefficient (Wildman–Crippen LogP) is 5.33. The number of ether oxygens (including phenoxy) is 1. The van der Waals surface area contributed by atoms with Gasteiger partial charge in [0.15, 0.2) is 6.10 Å². The Hall–Kier alpha value is -2.12. The van der Waals surface area contributed by atoms with Gasteiger partial charge in [-0.1, -0.05) is 41.5 Å². The molecule has 2 aromatic rings. The lowest BCUT2D eigenvalue weighted by molar-refractivity contribution is -0.136. The molecule has 0 radical (unpaired) electrons. The molecule has 6 nitrogen and oxygen atoms in total. The first-order valence-electron chi connectivity index (χ1n) is 10.3. The molecule has 1 aliphatic rings. The summed E-state index contributed by atoms with van der Waals surface area (Å²) in [6.07, 6.45) is 2.58. The third-order valence-electron chi connectivity index (χ3n) is 6.14. The van der Waals surface area contributed by atoms with E-state index in [9.17, 15) is 4.79 Å². The molecule has 0 bridgehead atoms. The van der Waals surface area contributed by atoms with Gasteiger partial charge in [0.1, 0.15) is 18.1 Å². The van der Waals surface area contributed by atoms with Gasteiger partial charge >= 0.3 is 0 Å². The van der Waals surface area contributed by atoms with Crippen LogP contribution in [0.2, 0.25) is 16.6 Å². The first kappa shape index (κ1) is 21.6. The first-order chi connectivity index (χ1) is 13.7. The SMILES string of the molecule is COc1ccc(N2C(=O)[C@@H](O[Si](C(C)C)(C(C)C)C(C)C)[C@H]2c2ncco2)cc1. The van der Waals surface area contributed by atoms with E-state index in [1.54, 1.807) is 24.5 Å². The Labute approximate surface area is 174 Å². The van der Waals surface area contributed by atoms with E-state index in [1.165, 1.54) is 0 Å². The van der Waals surface area contributed by atoms with Crippen LogP contribution in [0, 0.1) is 0 Å². The van der Waals surface area contributed by atoms with Crippen LogP contribution in [-0.4, -0.2) is 32.4 Å². The Morgan fingerprint density at radius 1 is 1.03 bits per heavy atom. The molecule has 158 valence electrons. The fourth-order valence-electron chi connectivity index (χ4n) is 4.86. The fraction of sp³-hybridized carbons (Fsp3) is 0.545. The van der Waals surface area contributed by atoms with Crippen LogP contribution in [0.25, 0.3) is 0 Å². The highest BCUT2D eigenvalue weighted by molar-refractivity contribution is 6.77. The quantitative estimate of drug-likeness (QED) is 0.430. The fourth-order valence-corrected chi connectivity index (χ4v) is 10.3. The highest BCUT2D eigenvalue weighted by atomic mass is 28.4. The molecule has 0 spiro atoms. The average Bonchev–Trinajstić information content (AvgIpc) is 3.19. The van der Waals surface area contributed by atoms with E-state index < -0.39 is 14.4 Å². The van der Waals surface area contributed by atoms with Crippen molar-refractivity contribution in [1.29, 1.82) is 0 Å². The lowest BCUT2D eigenvalue weighted by Crippen LogP contribution is -2.65. The van der Waals surface area contributed by atoms with Crippen molar-refractivity contribution < 1.29 is 18.4 Å². The zero-order valence-corrected chi connectivity index (χ0v) is 19.4. The minimum atomic E-state index is -2.24. The number of aromatic nitrogens is 1. The molecular formula is C22H32N2O4Si. The third kappa shape index (κ3) is 3.62. The number of anilines is 1. The second kappa shape index (κ2) is 8.32. The maximum Gasteiger partial charge on any atom is 0.258 e. The van der Waals surface area contributed by atoms with Gasteiger partial charge in [-0.3, -0.25) is 9.69 Å². The van der Waals surface area contributed by atoms with Crippen LogP contribution < -0.4 is 9.64 Å². The number of β-lactam (4-membered cyclic amide) rings is 1. The molecule has 1 fully saturated rings. The molecule has 1 amide bonds. The lowest BCUT2D eigenvalue weighted by atomic mass is 9.96. The predicted molar refractivity (Wildman–Crippen MR) is 116 cm³/mol. The van der Waals surface area contributed by atoms with E-state index in [0.717, 1.165) is 11.4 Å². The number of oxazole rings is 1. The molecule has 0 saturated carbocycles. The summed E-state index contributed by atoms with van der Waals surface area (Å²) < 4.78 is 17.7. The maximum atomic E-state index is 13.3. The van der Waals surface area contributed by atoms with Crippen molar-refractivity contribution in [2.75, 3.05) is 12.0 Å². The largest absolute Gasteiger partial charge is 0.497 e. The van der Waals surface area contributed by atoms with Gasteiger partial charge in [-0.05, 0) is 40.9 Å². The van der Waals surface area contributed by atoms with Crippen molar-refractivity contribution >= 4 is 19.9 Å². The Morgan fingerprint density at radius 2 is 1.62 bits per heavy atom. The summed E-state index contributed by atoms with van der Waals surface area (Å²) in [5, 5.41) is 0. The molecule has 29 heavy (non-hydrogen) atoms. The molecule has 2 heterocycles. The number of amides is 1. The summed E-state index contributed by atoms with van der Waals surface area (Å²) in [5.41, 5.74) is 1.94. The maximum absolute atomic E-state index is 13.3. The second-order valence-electron chi connectivity index (χ2n) is 8.58. The number of carbonyl (C=O) groups excluding carboxylic acids is 1. The van der Waals surface area contributed by atoms with Gasteiger partial charge in [0.2, 0.25) is 14.2 Å². The first-order valence-corrected chi connectivity index (χ1v) is 12.4. The van der Waals surface area contributed by atoms with Gasteiger partial charge < -0.3 is 13.6 Å². The van der Waals surface area contributed by atoms with Crippen LogP contribution in [0.3, 0.4) is 0 Å². The summed E-state index contributed by atoms with van der Waals surface area (Å²) in [5.74, 6) is 1.20. The number of carbonyl (C=O) groups is 1. The van der Waals surface area contributed by atoms with Gasteiger partial charge in [-0.15, -0.1) is 0 Å². The number of methoxy groups -OCH3 is 1.